The van der Waals surface area contributed by atoms with Crippen LogP contribution >= 0.6 is 0 Å². The van der Waals surface area contributed by atoms with E-state index in [1.165, 1.54) is 7.11 Å². The third kappa shape index (κ3) is 4.35. The third-order valence-corrected chi connectivity index (χ3v) is 4.31. The van der Waals surface area contributed by atoms with Crippen LogP contribution in [0.1, 0.15) is 29.8 Å². The van der Waals surface area contributed by atoms with Crippen molar-refractivity contribution in [1.82, 2.24) is 4.98 Å². The number of carbonyl (C=O) groups is 2. The maximum atomic E-state index is 13.0. The van der Waals surface area contributed by atoms with Gasteiger partial charge in [-0.1, -0.05) is 44.2 Å². The van der Waals surface area contributed by atoms with Gasteiger partial charge >= 0.3 is 5.97 Å². The number of rotatable bonds is 6. The first kappa shape index (κ1) is 20.3. The SMILES string of the molecule is COCc1cccc2[nH]c(=O)c(C(=O)Nc3ccccc3)c(OC(=O)C(C)C)c12. The molecule has 0 bridgehead atoms. The number of benzene rings is 2. The number of esters is 1. The van der Waals surface area contributed by atoms with Crippen LogP contribution < -0.4 is 15.6 Å². The number of hydrogen-bond donors (Lipinski definition) is 2. The topological polar surface area (TPSA) is 97.5 Å². The van der Waals surface area contributed by atoms with E-state index in [0.29, 0.717) is 22.2 Å². The molecule has 0 spiro atoms. The average Bonchev–Trinajstić information content (AvgIpc) is 2.68. The second-order valence-corrected chi connectivity index (χ2v) is 6.83. The van der Waals surface area contributed by atoms with Crippen molar-refractivity contribution in [1.29, 1.82) is 0 Å². The average molecular weight is 394 g/mol. The van der Waals surface area contributed by atoms with Crippen LogP contribution in [0.5, 0.6) is 5.75 Å². The Morgan fingerprint density at radius 2 is 1.79 bits per heavy atom. The number of nitrogens with one attached hydrogen (secondary N) is 2. The normalized spacial score (nSPS) is 10.9. The molecular formula is C22H22N2O5. The first-order chi connectivity index (χ1) is 13.9. The van der Waals surface area contributed by atoms with Crippen LogP contribution in [-0.2, 0) is 16.1 Å². The molecule has 0 atom stereocenters. The highest BCUT2D eigenvalue weighted by Gasteiger charge is 2.25. The molecule has 1 heterocycles. The summed E-state index contributed by atoms with van der Waals surface area (Å²) >= 11 is 0. The summed E-state index contributed by atoms with van der Waals surface area (Å²) in [6, 6.07) is 14.0. The second-order valence-electron chi connectivity index (χ2n) is 6.83. The fraction of sp³-hybridized carbons (Fsp3) is 0.227. The first-order valence-corrected chi connectivity index (χ1v) is 9.17. The van der Waals surface area contributed by atoms with Gasteiger partial charge in [0.1, 0.15) is 5.56 Å². The molecule has 150 valence electrons. The summed E-state index contributed by atoms with van der Waals surface area (Å²) < 4.78 is 10.8. The lowest BCUT2D eigenvalue weighted by Crippen LogP contribution is -2.27. The monoisotopic (exact) mass is 394 g/mol. The van der Waals surface area contributed by atoms with Crippen molar-refractivity contribution in [2.45, 2.75) is 20.5 Å². The van der Waals surface area contributed by atoms with Crippen LogP contribution in [0.3, 0.4) is 0 Å². The highest BCUT2D eigenvalue weighted by atomic mass is 16.5. The fourth-order valence-corrected chi connectivity index (χ4v) is 2.90. The van der Waals surface area contributed by atoms with E-state index >= 15 is 0 Å². The van der Waals surface area contributed by atoms with E-state index in [9.17, 15) is 14.4 Å². The molecule has 0 aliphatic carbocycles. The van der Waals surface area contributed by atoms with Gasteiger partial charge in [0, 0.05) is 18.2 Å². The molecule has 7 heteroatoms. The van der Waals surface area contributed by atoms with E-state index in [-0.39, 0.29) is 17.9 Å². The van der Waals surface area contributed by atoms with Crippen molar-refractivity contribution in [3.8, 4) is 5.75 Å². The van der Waals surface area contributed by atoms with E-state index in [0.717, 1.165) is 0 Å². The summed E-state index contributed by atoms with van der Waals surface area (Å²) in [6.45, 7) is 3.57. The molecule has 7 nitrogen and oxygen atoms in total. The van der Waals surface area contributed by atoms with Crippen molar-refractivity contribution in [3.63, 3.8) is 0 Å². The number of aromatic amines is 1. The summed E-state index contributed by atoms with van der Waals surface area (Å²) in [7, 11) is 1.54. The van der Waals surface area contributed by atoms with Gasteiger partial charge in [-0.05, 0) is 23.8 Å². The number of carbonyl (C=O) groups excluding carboxylic acids is 2. The van der Waals surface area contributed by atoms with Gasteiger partial charge in [0.25, 0.3) is 11.5 Å². The molecule has 0 saturated carbocycles. The molecule has 0 unspecified atom stereocenters. The zero-order chi connectivity index (χ0) is 21.0. The molecule has 0 aliphatic rings. The van der Waals surface area contributed by atoms with Gasteiger partial charge in [-0.2, -0.15) is 0 Å². The van der Waals surface area contributed by atoms with Crippen LogP contribution in [-0.4, -0.2) is 24.0 Å². The number of fused-ring (bicyclic) bond motifs is 1. The third-order valence-electron chi connectivity index (χ3n) is 4.31. The molecule has 0 radical (unpaired) electrons. The first-order valence-electron chi connectivity index (χ1n) is 9.17. The van der Waals surface area contributed by atoms with Gasteiger partial charge in [0.05, 0.1) is 18.0 Å². The summed E-state index contributed by atoms with van der Waals surface area (Å²) in [5.74, 6) is -1.72. The Labute approximate surface area is 167 Å². The molecule has 1 aromatic heterocycles. The van der Waals surface area contributed by atoms with E-state index in [1.54, 1.807) is 56.3 Å². The van der Waals surface area contributed by atoms with E-state index in [4.69, 9.17) is 9.47 Å². The van der Waals surface area contributed by atoms with Crippen LogP contribution in [0.15, 0.2) is 53.3 Å². The van der Waals surface area contributed by atoms with Gasteiger partial charge < -0.3 is 19.8 Å². The molecule has 3 aromatic rings. The number of H-pyrrole nitrogens is 1. The van der Waals surface area contributed by atoms with Gasteiger partial charge in [-0.15, -0.1) is 0 Å². The molecule has 29 heavy (non-hydrogen) atoms. The molecule has 3 rings (SSSR count). The van der Waals surface area contributed by atoms with E-state index in [1.807, 2.05) is 6.07 Å². The summed E-state index contributed by atoms with van der Waals surface area (Å²) in [5.41, 5.74) is 0.739. The number of amides is 1. The number of hydrogen-bond acceptors (Lipinski definition) is 5. The quantitative estimate of drug-likeness (QED) is 0.624. The van der Waals surface area contributed by atoms with Gasteiger partial charge in [0.15, 0.2) is 5.75 Å². The highest BCUT2D eigenvalue weighted by Crippen LogP contribution is 2.31. The summed E-state index contributed by atoms with van der Waals surface area (Å²) in [5, 5.41) is 3.14. The molecule has 2 N–H and O–H groups in total. The smallest absolute Gasteiger partial charge is 0.313 e. The zero-order valence-electron chi connectivity index (χ0n) is 16.4. The van der Waals surface area contributed by atoms with E-state index in [2.05, 4.69) is 10.3 Å². The summed E-state index contributed by atoms with van der Waals surface area (Å²) in [4.78, 5) is 40.8. The zero-order valence-corrected chi connectivity index (χ0v) is 16.4. The molecule has 2 aromatic carbocycles. The van der Waals surface area contributed by atoms with Crippen LogP contribution in [0, 0.1) is 5.92 Å². The largest absolute Gasteiger partial charge is 0.425 e. The Bertz CT molecular complexity index is 1100. The van der Waals surface area contributed by atoms with Crippen molar-refractivity contribution >= 4 is 28.5 Å². The molecule has 0 fully saturated rings. The lowest BCUT2D eigenvalue weighted by Gasteiger charge is -2.16. The van der Waals surface area contributed by atoms with Crippen molar-refractivity contribution in [3.05, 3.63) is 70.0 Å². The number of para-hydroxylation sites is 1. The maximum Gasteiger partial charge on any atom is 0.313 e. The minimum Gasteiger partial charge on any atom is -0.425 e. The predicted molar refractivity (Wildman–Crippen MR) is 110 cm³/mol. The lowest BCUT2D eigenvalue weighted by atomic mass is 10.0. The van der Waals surface area contributed by atoms with Crippen LogP contribution in [0.25, 0.3) is 10.9 Å². The minimum atomic E-state index is -0.668. The predicted octanol–water partition coefficient (Wildman–Crippen LogP) is 3.49. The lowest BCUT2D eigenvalue weighted by molar-refractivity contribution is -0.137. The molecule has 1 amide bonds. The van der Waals surface area contributed by atoms with Gasteiger partial charge in [-0.25, -0.2) is 0 Å². The molecule has 0 aliphatic heterocycles. The second kappa shape index (κ2) is 8.70. The standard InChI is InChI=1S/C22H22N2O5/c1-13(2)22(27)29-19-17-14(12-28-3)8-7-11-16(17)24-21(26)18(19)20(25)23-15-9-5-4-6-10-15/h4-11,13H,12H2,1-3H3,(H,23,25)(H,24,26). The Balaban J connectivity index is 2.22. The highest BCUT2D eigenvalue weighted by molar-refractivity contribution is 6.10. The Morgan fingerprint density at radius 1 is 1.07 bits per heavy atom. The van der Waals surface area contributed by atoms with E-state index < -0.39 is 23.4 Å². The van der Waals surface area contributed by atoms with Crippen molar-refractivity contribution < 1.29 is 19.1 Å². The fourth-order valence-electron chi connectivity index (χ4n) is 2.90. The van der Waals surface area contributed by atoms with Crippen molar-refractivity contribution in [2.75, 3.05) is 12.4 Å². The minimum absolute atomic E-state index is 0.0662. The Hall–Kier alpha value is -3.45. The summed E-state index contributed by atoms with van der Waals surface area (Å²) in [6.07, 6.45) is 0. The number of anilines is 1. The molecular weight excluding hydrogens is 372 g/mol. The van der Waals surface area contributed by atoms with Crippen LogP contribution in [0.4, 0.5) is 5.69 Å². The molecule has 0 saturated heterocycles. The Kier molecular flexibility index (Phi) is 6.09. The van der Waals surface area contributed by atoms with Gasteiger partial charge in [0.2, 0.25) is 0 Å². The maximum absolute atomic E-state index is 13.0. The Morgan fingerprint density at radius 3 is 2.45 bits per heavy atom. The van der Waals surface area contributed by atoms with Gasteiger partial charge in [-0.3, -0.25) is 14.4 Å². The van der Waals surface area contributed by atoms with Crippen molar-refractivity contribution in [2.24, 2.45) is 5.92 Å². The number of pyridine rings is 1. The van der Waals surface area contributed by atoms with Crippen LogP contribution in [0.2, 0.25) is 0 Å². The number of methoxy groups -OCH3 is 1. The number of aromatic nitrogens is 1. The number of ether oxygens (including phenoxy) is 2.